The van der Waals surface area contributed by atoms with E-state index in [1.165, 1.54) is 0 Å². The van der Waals surface area contributed by atoms with E-state index in [1.54, 1.807) is 0 Å². The minimum Gasteiger partial charge on any atom is -0.480 e. The summed E-state index contributed by atoms with van der Waals surface area (Å²) in [6.45, 7) is 3.36. The molecular formula is C12H23NO3. The van der Waals surface area contributed by atoms with Gasteiger partial charge in [-0.25, -0.2) is 0 Å². The smallest absolute Gasteiger partial charge is 0.317 e. The number of aliphatic carboxylic acids is 1. The summed E-state index contributed by atoms with van der Waals surface area (Å²) in [6.07, 6.45) is 5.15. The van der Waals surface area contributed by atoms with E-state index in [9.17, 15) is 4.79 Å². The zero-order valence-corrected chi connectivity index (χ0v) is 10.1. The van der Waals surface area contributed by atoms with Gasteiger partial charge in [0.25, 0.3) is 0 Å². The third-order valence-corrected chi connectivity index (χ3v) is 3.43. The van der Waals surface area contributed by atoms with Crippen LogP contribution >= 0.6 is 0 Å². The first-order chi connectivity index (χ1) is 7.67. The molecule has 1 aliphatic rings. The normalized spacial score (nSPS) is 25.2. The molecule has 0 aliphatic heterocycles. The molecule has 1 saturated carbocycles. The number of rotatable bonds is 7. The van der Waals surface area contributed by atoms with E-state index in [2.05, 4.69) is 11.8 Å². The maximum absolute atomic E-state index is 10.8. The second-order valence-electron chi connectivity index (χ2n) is 4.73. The highest BCUT2D eigenvalue weighted by molar-refractivity contribution is 5.69. The van der Waals surface area contributed by atoms with Crippen LogP contribution in [-0.4, -0.2) is 46.8 Å². The summed E-state index contributed by atoms with van der Waals surface area (Å²) < 4.78 is 0. The summed E-state index contributed by atoms with van der Waals surface area (Å²) in [6, 6.07) is 0.361. The second kappa shape index (κ2) is 6.86. The Bertz CT molecular complexity index is 220. The summed E-state index contributed by atoms with van der Waals surface area (Å²) in [4.78, 5) is 12.9. The van der Waals surface area contributed by atoms with Crippen molar-refractivity contribution in [1.82, 2.24) is 4.90 Å². The van der Waals surface area contributed by atoms with Crippen LogP contribution in [0.1, 0.15) is 39.0 Å². The molecular weight excluding hydrogens is 206 g/mol. The fraction of sp³-hybridized carbons (Fsp3) is 0.917. The molecule has 1 aliphatic carbocycles. The number of nitrogens with zero attached hydrogens (tertiary/aromatic N) is 1. The van der Waals surface area contributed by atoms with Gasteiger partial charge in [-0.2, -0.15) is 0 Å². The van der Waals surface area contributed by atoms with Crippen LogP contribution in [0.3, 0.4) is 0 Å². The van der Waals surface area contributed by atoms with E-state index < -0.39 is 5.97 Å². The Labute approximate surface area is 97.3 Å². The minimum absolute atomic E-state index is 0.142. The third kappa shape index (κ3) is 4.10. The number of hydrogen-bond acceptors (Lipinski definition) is 3. The van der Waals surface area contributed by atoms with Gasteiger partial charge in [0.05, 0.1) is 6.54 Å². The van der Waals surface area contributed by atoms with Gasteiger partial charge in [-0.1, -0.05) is 13.3 Å². The van der Waals surface area contributed by atoms with E-state index >= 15 is 0 Å². The molecule has 94 valence electrons. The number of carboxylic acid groups (broad SMARTS) is 1. The number of aliphatic hydroxyl groups excluding tert-OH is 1. The van der Waals surface area contributed by atoms with Crippen molar-refractivity contribution in [2.75, 3.05) is 19.7 Å². The van der Waals surface area contributed by atoms with Gasteiger partial charge >= 0.3 is 5.97 Å². The number of carboxylic acids is 1. The molecule has 0 heterocycles. The van der Waals surface area contributed by atoms with Crippen molar-refractivity contribution in [3.63, 3.8) is 0 Å². The predicted octanol–water partition coefficient (Wildman–Crippen LogP) is 1.33. The number of carbonyl (C=O) groups is 1. The van der Waals surface area contributed by atoms with Crippen molar-refractivity contribution in [2.45, 2.75) is 45.1 Å². The van der Waals surface area contributed by atoms with E-state index in [-0.39, 0.29) is 13.2 Å². The molecule has 0 aromatic rings. The first kappa shape index (κ1) is 13.5. The molecule has 0 saturated heterocycles. The van der Waals surface area contributed by atoms with Gasteiger partial charge in [0.2, 0.25) is 0 Å². The SMILES string of the molecule is CCCCN(CC(=O)O)C1CCC(CO)C1. The van der Waals surface area contributed by atoms with Gasteiger partial charge in [-0.15, -0.1) is 0 Å². The van der Waals surface area contributed by atoms with Crippen LogP contribution in [0.15, 0.2) is 0 Å². The van der Waals surface area contributed by atoms with Crippen molar-refractivity contribution >= 4 is 5.97 Å². The predicted molar refractivity (Wildman–Crippen MR) is 62.3 cm³/mol. The molecule has 2 atom stereocenters. The van der Waals surface area contributed by atoms with E-state index in [4.69, 9.17) is 10.2 Å². The number of aliphatic hydroxyl groups is 1. The van der Waals surface area contributed by atoms with Crippen LogP contribution in [0.2, 0.25) is 0 Å². The summed E-state index contributed by atoms with van der Waals surface area (Å²) in [5.41, 5.74) is 0. The summed E-state index contributed by atoms with van der Waals surface area (Å²) in [5.74, 6) is -0.369. The zero-order chi connectivity index (χ0) is 12.0. The molecule has 0 bridgehead atoms. The quantitative estimate of drug-likeness (QED) is 0.691. The lowest BCUT2D eigenvalue weighted by Gasteiger charge is -2.27. The standard InChI is InChI=1S/C12H23NO3/c1-2-3-6-13(8-12(15)16)11-5-4-10(7-11)9-14/h10-11,14H,2-9H2,1H3,(H,15,16). The maximum atomic E-state index is 10.8. The largest absolute Gasteiger partial charge is 0.480 e. The second-order valence-corrected chi connectivity index (χ2v) is 4.73. The Morgan fingerprint density at radius 1 is 1.44 bits per heavy atom. The van der Waals surface area contributed by atoms with Gasteiger partial charge in [-0.05, 0) is 38.1 Å². The Morgan fingerprint density at radius 3 is 2.69 bits per heavy atom. The first-order valence-electron chi connectivity index (χ1n) is 6.24. The lowest BCUT2D eigenvalue weighted by atomic mass is 10.1. The van der Waals surface area contributed by atoms with Crippen LogP contribution in [0.4, 0.5) is 0 Å². The van der Waals surface area contributed by atoms with Crippen LogP contribution < -0.4 is 0 Å². The maximum Gasteiger partial charge on any atom is 0.317 e. The highest BCUT2D eigenvalue weighted by atomic mass is 16.4. The molecule has 2 unspecified atom stereocenters. The Morgan fingerprint density at radius 2 is 2.19 bits per heavy atom. The fourth-order valence-electron chi connectivity index (χ4n) is 2.47. The van der Waals surface area contributed by atoms with Gasteiger partial charge in [0.1, 0.15) is 0 Å². The van der Waals surface area contributed by atoms with E-state index in [0.717, 1.165) is 38.6 Å². The molecule has 2 N–H and O–H groups in total. The third-order valence-electron chi connectivity index (χ3n) is 3.43. The minimum atomic E-state index is -0.747. The van der Waals surface area contributed by atoms with E-state index in [1.807, 2.05) is 0 Å². The van der Waals surface area contributed by atoms with Crippen LogP contribution in [0, 0.1) is 5.92 Å². The van der Waals surface area contributed by atoms with Crippen molar-refractivity contribution in [3.05, 3.63) is 0 Å². The molecule has 4 nitrogen and oxygen atoms in total. The van der Waals surface area contributed by atoms with Crippen LogP contribution in [0.25, 0.3) is 0 Å². The lowest BCUT2D eigenvalue weighted by Crippen LogP contribution is -2.38. The van der Waals surface area contributed by atoms with Gasteiger partial charge in [0.15, 0.2) is 0 Å². The molecule has 0 aromatic heterocycles. The molecule has 4 heteroatoms. The monoisotopic (exact) mass is 229 g/mol. The zero-order valence-electron chi connectivity index (χ0n) is 10.1. The molecule has 0 amide bonds. The van der Waals surface area contributed by atoms with Gasteiger partial charge in [-0.3, -0.25) is 9.69 Å². The van der Waals surface area contributed by atoms with Crippen molar-refractivity contribution < 1.29 is 15.0 Å². The van der Waals surface area contributed by atoms with Crippen molar-refractivity contribution in [2.24, 2.45) is 5.92 Å². The molecule has 0 radical (unpaired) electrons. The van der Waals surface area contributed by atoms with Crippen LogP contribution in [0.5, 0.6) is 0 Å². The fourth-order valence-corrected chi connectivity index (χ4v) is 2.47. The molecule has 0 spiro atoms. The Hall–Kier alpha value is -0.610. The molecule has 1 fully saturated rings. The summed E-state index contributed by atoms with van der Waals surface area (Å²) in [7, 11) is 0. The highest BCUT2D eigenvalue weighted by Crippen LogP contribution is 2.29. The number of unbranched alkanes of at least 4 members (excludes halogenated alkanes) is 1. The van der Waals surface area contributed by atoms with Gasteiger partial charge in [0, 0.05) is 12.6 Å². The van der Waals surface area contributed by atoms with Crippen molar-refractivity contribution in [3.8, 4) is 0 Å². The molecule has 1 rings (SSSR count). The Kier molecular flexibility index (Phi) is 5.77. The highest BCUT2D eigenvalue weighted by Gasteiger charge is 2.29. The number of hydrogen-bond donors (Lipinski definition) is 2. The van der Waals surface area contributed by atoms with Gasteiger partial charge < -0.3 is 10.2 Å². The average molecular weight is 229 g/mol. The Balaban J connectivity index is 2.44. The molecule has 16 heavy (non-hydrogen) atoms. The van der Waals surface area contributed by atoms with E-state index in [0.29, 0.717) is 12.0 Å². The average Bonchev–Trinajstić information content (AvgIpc) is 2.72. The first-order valence-corrected chi connectivity index (χ1v) is 6.24. The summed E-state index contributed by atoms with van der Waals surface area (Å²) >= 11 is 0. The van der Waals surface area contributed by atoms with Crippen molar-refractivity contribution in [1.29, 1.82) is 0 Å². The van der Waals surface area contributed by atoms with Crippen LogP contribution in [-0.2, 0) is 4.79 Å². The summed E-state index contributed by atoms with van der Waals surface area (Å²) in [5, 5.41) is 18.0. The lowest BCUT2D eigenvalue weighted by molar-refractivity contribution is -0.139. The molecule has 0 aromatic carbocycles. The topological polar surface area (TPSA) is 60.8 Å².